The van der Waals surface area contributed by atoms with Crippen LogP contribution in [0.15, 0.2) is 77.3 Å². The topological polar surface area (TPSA) is 104 Å². The Kier molecular flexibility index (Phi) is 8.83. The molecule has 3 aromatic heterocycles. The lowest BCUT2D eigenvalue weighted by Crippen LogP contribution is -2.45. The Bertz CT molecular complexity index is 1670. The maximum Gasteiger partial charge on any atom is 0.416 e. The number of benzene rings is 1. The molecule has 0 aliphatic carbocycles. The predicted octanol–water partition coefficient (Wildman–Crippen LogP) is 5.96. The van der Waals surface area contributed by atoms with Gasteiger partial charge in [-0.05, 0) is 72.5 Å². The van der Waals surface area contributed by atoms with E-state index in [2.05, 4.69) is 20.6 Å². The highest BCUT2D eigenvalue weighted by molar-refractivity contribution is 7.91. The van der Waals surface area contributed by atoms with E-state index in [1.807, 2.05) is 12.1 Å². The molecule has 0 saturated carbocycles. The monoisotopic (exact) mass is 635 g/mol. The van der Waals surface area contributed by atoms with Gasteiger partial charge in [0, 0.05) is 37.6 Å². The van der Waals surface area contributed by atoms with Gasteiger partial charge in [0.2, 0.25) is 5.91 Å². The molecule has 5 rings (SSSR count). The molecule has 0 spiro atoms. The molecule has 1 aliphatic heterocycles. The molecule has 220 valence electrons. The zero-order chi connectivity index (χ0) is 29.9. The molecule has 1 saturated heterocycles. The minimum absolute atomic E-state index is 0.0497. The number of thiophene rings is 1. The van der Waals surface area contributed by atoms with Crippen LogP contribution in [0.1, 0.15) is 29.5 Å². The van der Waals surface area contributed by atoms with Crippen molar-refractivity contribution in [2.24, 2.45) is 0 Å². The molecule has 1 aliphatic rings. The highest BCUT2D eigenvalue weighted by Gasteiger charge is 2.40. The molecule has 2 N–H and O–H groups in total. The summed E-state index contributed by atoms with van der Waals surface area (Å²) in [5.74, 6) is 0.00557. The number of hydrogen-bond acceptors (Lipinski definition) is 7. The first-order chi connectivity index (χ1) is 20.0. The molecule has 14 heteroatoms. The van der Waals surface area contributed by atoms with Crippen LogP contribution in [0.3, 0.4) is 0 Å². The fraction of sp³-hybridized carbons (Fsp3) is 0.250. The fourth-order valence-corrected chi connectivity index (χ4v) is 7.87. The molecule has 4 aromatic rings. The number of nitrogens with one attached hydrogen (secondary N) is 2. The van der Waals surface area contributed by atoms with Crippen LogP contribution in [-0.2, 0) is 34.1 Å². The van der Waals surface area contributed by atoms with Crippen molar-refractivity contribution in [1.29, 1.82) is 0 Å². The van der Waals surface area contributed by atoms with Gasteiger partial charge in [-0.1, -0.05) is 23.7 Å². The van der Waals surface area contributed by atoms with Crippen molar-refractivity contribution < 1.29 is 26.4 Å². The SMILES string of the molecule is O=C(NCc1cc(NCc2ccncc2)nc(-c2ccc(C(F)(F)F)cc2)c1)[C@@H]1CCCN1S(=O)(=O)c1ccc(Cl)s1. The smallest absolute Gasteiger partial charge is 0.366 e. The summed E-state index contributed by atoms with van der Waals surface area (Å²) in [6.07, 6.45) is -0.247. The third-order valence-electron chi connectivity index (χ3n) is 6.70. The molecule has 8 nitrogen and oxygen atoms in total. The molecule has 0 bridgehead atoms. The molecule has 1 amide bonds. The Morgan fingerprint density at radius 3 is 2.43 bits per heavy atom. The summed E-state index contributed by atoms with van der Waals surface area (Å²) in [7, 11) is -3.89. The quantitative estimate of drug-likeness (QED) is 0.235. The van der Waals surface area contributed by atoms with Gasteiger partial charge in [0.05, 0.1) is 15.6 Å². The molecule has 1 fully saturated rings. The van der Waals surface area contributed by atoms with Crippen molar-refractivity contribution in [3.05, 3.63) is 94.1 Å². The molecular formula is C28H25ClF3N5O3S2. The maximum absolute atomic E-state index is 13.2. The first-order valence-electron chi connectivity index (χ1n) is 12.9. The van der Waals surface area contributed by atoms with Gasteiger partial charge >= 0.3 is 6.18 Å². The number of aromatic nitrogens is 2. The Morgan fingerprint density at radius 2 is 1.76 bits per heavy atom. The van der Waals surface area contributed by atoms with E-state index in [-0.39, 0.29) is 17.3 Å². The van der Waals surface area contributed by atoms with Gasteiger partial charge < -0.3 is 10.6 Å². The van der Waals surface area contributed by atoms with E-state index in [1.165, 1.54) is 28.6 Å². The minimum atomic E-state index is -4.47. The number of alkyl halides is 3. The standard InChI is InChI=1S/C28H25ClF3N5O3S2/c29-24-7-8-26(41-24)42(39,40)37-13-1-2-23(37)27(38)35-17-19-14-22(20-3-5-21(6-4-20)28(30,31)32)36-25(15-19)34-16-18-9-11-33-12-10-18/h3-12,14-15,23H,1-2,13,16-17H2,(H,34,36)(H,35,38)/t23-/m0/s1. The van der Waals surface area contributed by atoms with Gasteiger partial charge in [-0.3, -0.25) is 9.78 Å². The average Bonchev–Trinajstić information content (AvgIpc) is 3.65. The highest BCUT2D eigenvalue weighted by atomic mass is 35.5. The van der Waals surface area contributed by atoms with E-state index in [0.717, 1.165) is 29.0 Å². The molecular weight excluding hydrogens is 611 g/mol. The van der Waals surface area contributed by atoms with Crippen LogP contribution in [0.4, 0.5) is 19.0 Å². The average molecular weight is 636 g/mol. The predicted molar refractivity (Wildman–Crippen MR) is 154 cm³/mol. The zero-order valence-electron chi connectivity index (χ0n) is 21.9. The summed E-state index contributed by atoms with van der Waals surface area (Å²) in [5.41, 5.74) is 1.67. The number of carbonyl (C=O) groups excluding carboxylic acids is 1. The van der Waals surface area contributed by atoms with Crippen molar-refractivity contribution >= 4 is 44.7 Å². The minimum Gasteiger partial charge on any atom is -0.366 e. The normalized spacial score (nSPS) is 16.0. The zero-order valence-corrected chi connectivity index (χ0v) is 24.3. The number of nitrogens with zero attached hydrogens (tertiary/aromatic N) is 3. The van der Waals surface area contributed by atoms with Crippen LogP contribution in [0.25, 0.3) is 11.3 Å². The number of amides is 1. The van der Waals surface area contributed by atoms with Gasteiger partial charge in [-0.25, -0.2) is 13.4 Å². The van der Waals surface area contributed by atoms with Crippen molar-refractivity contribution in [3.63, 3.8) is 0 Å². The molecule has 1 atom stereocenters. The third kappa shape index (κ3) is 6.92. The van der Waals surface area contributed by atoms with Gasteiger partial charge in [-0.2, -0.15) is 17.5 Å². The van der Waals surface area contributed by atoms with Crippen molar-refractivity contribution in [1.82, 2.24) is 19.6 Å². The van der Waals surface area contributed by atoms with Crippen molar-refractivity contribution in [3.8, 4) is 11.3 Å². The molecule has 0 unspecified atom stereocenters. The number of hydrogen-bond donors (Lipinski definition) is 2. The summed E-state index contributed by atoms with van der Waals surface area (Å²) in [6.45, 7) is 0.680. The van der Waals surface area contributed by atoms with Gasteiger partial charge in [0.25, 0.3) is 10.0 Å². The summed E-state index contributed by atoms with van der Waals surface area (Å²) < 4.78 is 67.2. The summed E-state index contributed by atoms with van der Waals surface area (Å²) >= 11 is 6.87. The third-order valence-corrected chi connectivity index (χ3v) is 10.3. The fourth-order valence-electron chi connectivity index (χ4n) is 4.60. The summed E-state index contributed by atoms with van der Waals surface area (Å²) in [6, 6.07) is 13.8. The number of sulfonamides is 1. The van der Waals surface area contributed by atoms with Gasteiger partial charge in [-0.15, -0.1) is 11.3 Å². The number of carbonyl (C=O) groups is 1. The Labute approximate surface area is 249 Å². The summed E-state index contributed by atoms with van der Waals surface area (Å²) in [5, 5.41) is 6.04. The highest BCUT2D eigenvalue weighted by Crippen LogP contribution is 2.33. The molecule has 1 aromatic carbocycles. The van der Waals surface area contributed by atoms with Crippen molar-refractivity contribution in [2.75, 3.05) is 11.9 Å². The van der Waals surface area contributed by atoms with Crippen LogP contribution in [0.2, 0.25) is 4.34 Å². The second-order valence-electron chi connectivity index (χ2n) is 9.58. The van der Waals surface area contributed by atoms with E-state index in [0.29, 0.717) is 46.4 Å². The number of anilines is 1. The first-order valence-corrected chi connectivity index (χ1v) is 15.5. The second kappa shape index (κ2) is 12.4. The number of pyridine rings is 2. The van der Waals surface area contributed by atoms with Crippen LogP contribution < -0.4 is 10.6 Å². The van der Waals surface area contributed by atoms with E-state index in [1.54, 1.807) is 24.5 Å². The van der Waals surface area contributed by atoms with E-state index in [4.69, 9.17) is 11.6 Å². The van der Waals surface area contributed by atoms with Crippen LogP contribution in [0, 0.1) is 0 Å². The van der Waals surface area contributed by atoms with E-state index in [9.17, 15) is 26.4 Å². The maximum atomic E-state index is 13.2. The van der Waals surface area contributed by atoms with Crippen LogP contribution >= 0.6 is 22.9 Å². The first kappa shape index (κ1) is 30.0. The Balaban J connectivity index is 1.36. The van der Waals surface area contributed by atoms with E-state index >= 15 is 0 Å². The lowest BCUT2D eigenvalue weighted by Gasteiger charge is -2.22. The van der Waals surface area contributed by atoms with Crippen LogP contribution in [0.5, 0.6) is 0 Å². The second-order valence-corrected chi connectivity index (χ2v) is 13.4. The number of halogens is 4. The molecule has 4 heterocycles. The van der Waals surface area contributed by atoms with Gasteiger partial charge in [0.1, 0.15) is 16.1 Å². The molecule has 0 radical (unpaired) electrons. The van der Waals surface area contributed by atoms with Crippen LogP contribution in [-0.4, -0.2) is 41.2 Å². The Morgan fingerprint density at radius 1 is 1.02 bits per heavy atom. The van der Waals surface area contributed by atoms with Gasteiger partial charge in [0.15, 0.2) is 0 Å². The number of rotatable bonds is 9. The Hall–Kier alpha value is -3.52. The summed E-state index contributed by atoms with van der Waals surface area (Å²) in [4.78, 5) is 21.8. The lowest BCUT2D eigenvalue weighted by molar-refractivity contribution is -0.137. The van der Waals surface area contributed by atoms with Crippen molar-refractivity contribution in [2.45, 2.75) is 42.4 Å². The lowest BCUT2D eigenvalue weighted by atomic mass is 10.1. The molecule has 42 heavy (non-hydrogen) atoms. The largest absolute Gasteiger partial charge is 0.416 e. The van der Waals surface area contributed by atoms with E-state index < -0.39 is 33.7 Å².